The maximum atomic E-state index is 12.5. The third-order valence-corrected chi connectivity index (χ3v) is 5.71. The van der Waals surface area contributed by atoms with Gasteiger partial charge in [0.25, 0.3) is 21.8 Å². The minimum Gasteiger partial charge on any atom is -0.345 e. The van der Waals surface area contributed by atoms with Crippen LogP contribution in [0.2, 0.25) is 0 Å². The Hall–Kier alpha value is -2.67. The smallest absolute Gasteiger partial charge is 0.265 e. The van der Waals surface area contributed by atoms with Gasteiger partial charge < -0.3 is 4.90 Å². The van der Waals surface area contributed by atoms with Gasteiger partial charge >= 0.3 is 0 Å². The molecule has 2 aromatic rings. The first-order valence-electron chi connectivity index (χ1n) is 8.28. The van der Waals surface area contributed by atoms with E-state index in [1.807, 2.05) is 6.07 Å². The summed E-state index contributed by atoms with van der Waals surface area (Å²) in [7, 11) is -0.909. The maximum absolute atomic E-state index is 12.5. The van der Waals surface area contributed by atoms with Gasteiger partial charge in [-0.15, -0.1) is 0 Å². The van der Waals surface area contributed by atoms with Crippen LogP contribution >= 0.6 is 0 Å². The molecule has 0 saturated heterocycles. The molecule has 26 heavy (non-hydrogen) atoms. The molecule has 6 nitrogen and oxygen atoms in total. The summed E-state index contributed by atoms with van der Waals surface area (Å²) in [4.78, 5) is 25.6. The second-order valence-corrected chi connectivity index (χ2v) is 8.18. The summed E-state index contributed by atoms with van der Waals surface area (Å²) in [5, 5.41) is 0. The molecule has 1 aliphatic carbocycles. The normalized spacial score (nSPS) is 13.2. The van der Waals surface area contributed by atoms with Crippen molar-refractivity contribution >= 4 is 21.8 Å². The van der Waals surface area contributed by atoms with Crippen molar-refractivity contribution in [2.75, 3.05) is 14.1 Å². The van der Waals surface area contributed by atoms with Crippen LogP contribution in [-0.4, -0.2) is 39.2 Å². The average molecular weight is 372 g/mol. The second-order valence-electron chi connectivity index (χ2n) is 6.50. The summed E-state index contributed by atoms with van der Waals surface area (Å²) in [5.41, 5.74) is 2.85. The van der Waals surface area contributed by atoms with Crippen LogP contribution in [0.15, 0.2) is 47.4 Å². The van der Waals surface area contributed by atoms with Crippen LogP contribution in [0.5, 0.6) is 0 Å². The van der Waals surface area contributed by atoms with E-state index in [0.717, 1.165) is 24.8 Å². The molecule has 0 aromatic heterocycles. The molecule has 2 amide bonds. The molecule has 0 saturated carbocycles. The van der Waals surface area contributed by atoms with Gasteiger partial charge in [-0.1, -0.05) is 12.1 Å². The van der Waals surface area contributed by atoms with Crippen molar-refractivity contribution in [3.05, 3.63) is 64.7 Å². The van der Waals surface area contributed by atoms with E-state index in [4.69, 9.17) is 0 Å². The van der Waals surface area contributed by atoms with Crippen molar-refractivity contribution in [3.63, 3.8) is 0 Å². The second kappa shape index (κ2) is 6.92. The quantitative estimate of drug-likeness (QED) is 0.890. The Morgan fingerprint density at radius 3 is 2.42 bits per heavy atom. The van der Waals surface area contributed by atoms with Crippen LogP contribution < -0.4 is 4.72 Å². The van der Waals surface area contributed by atoms with Crippen molar-refractivity contribution in [1.29, 1.82) is 0 Å². The molecule has 1 aliphatic rings. The highest BCUT2D eigenvalue weighted by Gasteiger charge is 2.21. The molecular formula is C19H20N2O4S. The molecule has 136 valence electrons. The predicted molar refractivity (Wildman–Crippen MR) is 97.6 cm³/mol. The molecule has 0 unspecified atom stereocenters. The molecular weight excluding hydrogens is 352 g/mol. The summed E-state index contributed by atoms with van der Waals surface area (Å²) in [5.74, 6) is -0.990. The molecule has 2 aromatic carbocycles. The van der Waals surface area contributed by atoms with Crippen LogP contribution in [-0.2, 0) is 22.9 Å². The number of benzene rings is 2. The van der Waals surface area contributed by atoms with E-state index in [2.05, 4.69) is 4.72 Å². The zero-order valence-corrected chi connectivity index (χ0v) is 15.5. The number of nitrogens with one attached hydrogen (secondary N) is 1. The van der Waals surface area contributed by atoms with Gasteiger partial charge in [0, 0.05) is 25.2 Å². The van der Waals surface area contributed by atoms with Crippen LogP contribution in [0.25, 0.3) is 0 Å². The van der Waals surface area contributed by atoms with Crippen LogP contribution in [0.1, 0.15) is 38.3 Å². The van der Waals surface area contributed by atoms with Gasteiger partial charge in [-0.05, 0) is 60.7 Å². The van der Waals surface area contributed by atoms with Gasteiger partial charge in [-0.3, -0.25) is 9.59 Å². The lowest BCUT2D eigenvalue weighted by atomic mass is 10.1. The zero-order chi connectivity index (χ0) is 18.9. The summed E-state index contributed by atoms with van der Waals surface area (Å²) >= 11 is 0. The Balaban J connectivity index is 1.84. The third kappa shape index (κ3) is 3.62. The number of sulfonamides is 1. The molecule has 0 heterocycles. The fraction of sp³-hybridized carbons (Fsp3) is 0.263. The van der Waals surface area contributed by atoms with Gasteiger partial charge in [0.1, 0.15) is 0 Å². The Kier molecular flexibility index (Phi) is 4.82. The Labute approximate surface area is 152 Å². The number of rotatable bonds is 4. The lowest BCUT2D eigenvalue weighted by molar-refractivity contribution is 0.0827. The fourth-order valence-corrected chi connectivity index (χ4v) is 4.03. The lowest BCUT2D eigenvalue weighted by Crippen LogP contribution is -2.31. The molecule has 0 radical (unpaired) electrons. The minimum atomic E-state index is -4.07. The standard InChI is InChI=1S/C19H20N2O4S/c1-21(2)19(23)16-7-4-8-17(12-16)26(24,25)20-18(22)15-10-9-13-5-3-6-14(13)11-15/h4,7-12H,3,5-6H2,1-2H3,(H,20,22). The molecule has 0 atom stereocenters. The maximum Gasteiger partial charge on any atom is 0.265 e. The molecule has 0 bridgehead atoms. The SMILES string of the molecule is CN(C)C(=O)c1cccc(S(=O)(=O)NC(=O)c2ccc3c(c2)CCC3)c1. The van der Waals surface area contributed by atoms with Gasteiger partial charge in [0.2, 0.25) is 0 Å². The number of carbonyl (C=O) groups is 2. The fourth-order valence-electron chi connectivity index (χ4n) is 3.01. The van der Waals surface area contributed by atoms with E-state index in [0.29, 0.717) is 5.56 Å². The van der Waals surface area contributed by atoms with Crippen LogP contribution in [0, 0.1) is 0 Å². The number of hydrogen-bond acceptors (Lipinski definition) is 4. The number of hydrogen-bond donors (Lipinski definition) is 1. The lowest BCUT2D eigenvalue weighted by Gasteiger charge is -2.12. The molecule has 7 heteroatoms. The summed E-state index contributed by atoms with van der Waals surface area (Å²) in [6.07, 6.45) is 2.94. The Bertz CT molecular complexity index is 981. The van der Waals surface area contributed by atoms with Crippen molar-refractivity contribution in [1.82, 2.24) is 9.62 Å². The monoisotopic (exact) mass is 372 g/mol. The largest absolute Gasteiger partial charge is 0.345 e. The molecule has 0 spiro atoms. The number of fused-ring (bicyclic) bond motifs is 1. The predicted octanol–water partition coefficient (Wildman–Crippen LogP) is 2.00. The Morgan fingerprint density at radius 1 is 0.962 bits per heavy atom. The van der Waals surface area contributed by atoms with Gasteiger partial charge in [0.15, 0.2) is 0 Å². The number of aryl methyl sites for hydroxylation is 2. The average Bonchev–Trinajstić information content (AvgIpc) is 3.08. The van der Waals surface area contributed by atoms with Gasteiger partial charge in [-0.25, -0.2) is 13.1 Å². The Morgan fingerprint density at radius 2 is 1.69 bits per heavy atom. The summed E-state index contributed by atoms with van der Waals surface area (Å²) in [6, 6.07) is 10.9. The van der Waals surface area contributed by atoms with Gasteiger partial charge in [-0.2, -0.15) is 0 Å². The van der Waals surface area contributed by atoms with Crippen molar-refractivity contribution < 1.29 is 18.0 Å². The minimum absolute atomic E-state index is 0.125. The van der Waals surface area contributed by atoms with Crippen LogP contribution in [0.4, 0.5) is 0 Å². The number of carbonyl (C=O) groups excluding carboxylic acids is 2. The molecule has 3 rings (SSSR count). The number of amides is 2. The molecule has 1 N–H and O–H groups in total. The van der Waals surface area contributed by atoms with E-state index < -0.39 is 15.9 Å². The van der Waals surface area contributed by atoms with Gasteiger partial charge in [0.05, 0.1) is 4.90 Å². The number of nitrogens with zero attached hydrogens (tertiary/aromatic N) is 1. The first-order chi connectivity index (χ1) is 12.3. The zero-order valence-electron chi connectivity index (χ0n) is 14.7. The van der Waals surface area contributed by atoms with Crippen molar-refractivity contribution in [2.24, 2.45) is 0 Å². The third-order valence-electron chi connectivity index (χ3n) is 4.39. The van der Waals surface area contributed by atoms with Crippen molar-refractivity contribution in [3.8, 4) is 0 Å². The molecule has 0 fully saturated rings. The summed E-state index contributed by atoms with van der Waals surface area (Å²) < 4.78 is 27.2. The summed E-state index contributed by atoms with van der Waals surface area (Å²) in [6.45, 7) is 0. The molecule has 0 aliphatic heterocycles. The highest BCUT2D eigenvalue weighted by molar-refractivity contribution is 7.90. The highest BCUT2D eigenvalue weighted by atomic mass is 32.2. The first-order valence-corrected chi connectivity index (χ1v) is 9.77. The highest BCUT2D eigenvalue weighted by Crippen LogP contribution is 2.23. The van der Waals surface area contributed by atoms with E-state index >= 15 is 0 Å². The van der Waals surface area contributed by atoms with E-state index in [1.54, 1.807) is 26.2 Å². The van der Waals surface area contributed by atoms with Crippen LogP contribution in [0.3, 0.4) is 0 Å². The topological polar surface area (TPSA) is 83.6 Å². The van der Waals surface area contributed by atoms with E-state index in [-0.39, 0.29) is 16.4 Å². The van der Waals surface area contributed by atoms with Crippen molar-refractivity contribution in [2.45, 2.75) is 24.2 Å². The van der Waals surface area contributed by atoms with E-state index in [1.165, 1.54) is 34.7 Å². The first kappa shape index (κ1) is 18.1. The van der Waals surface area contributed by atoms with E-state index in [9.17, 15) is 18.0 Å².